The first kappa shape index (κ1) is 14.4. The fraction of sp³-hybridized carbons (Fsp3) is 0.364. The standard InChI is InChI=1S/C11H11F4NO2/c1-2-18-9(17)10(16,11(13,14)15)7-5-3-4-6-8(7)12/h3-6H,2,16H2,1H3. The third kappa shape index (κ3) is 2.31. The van der Waals surface area contributed by atoms with Crippen LogP contribution in [0.4, 0.5) is 17.6 Å². The molecule has 1 aromatic rings. The highest BCUT2D eigenvalue weighted by Gasteiger charge is 2.61. The molecule has 0 fully saturated rings. The van der Waals surface area contributed by atoms with Crippen LogP contribution in [0.5, 0.6) is 0 Å². The molecule has 0 radical (unpaired) electrons. The lowest BCUT2D eigenvalue weighted by Crippen LogP contribution is -2.57. The Morgan fingerprint density at radius 3 is 2.33 bits per heavy atom. The predicted octanol–water partition coefficient (Wildman–Crippen LogP) is 2.11. The number of ether oxygens (including phenoxy) is 1. The molecule has 2 N–H and O–H groups in total. The second-order valence-electron chi connectivity index (χ2n) is 3.51. The van der Waals surface area contributed by atoms with Gasteiger partial charge in [0.2, 0.25) is 5.54 Å². The summed E-state index contributed by atoms with van der Waals surface area (Å²) in [5.74, 6) is -2.95. The highest BCUT2D eigenvalue weighted by molar-refractivity contribution is 5.83. The molecule has 100 valence electrons. The van der Waals surface area contributed by atoms with Gasteiger partial charge in [-0.05, 0) is 13.0 Å². The molecule has 0 bridgehead atoms. The number of carbonyl (C=O) groups excluding carboxylic acids is 1. The largest absolute Gasteiger partial charge is 0.464 e. The van der Waals surface area contributed by atoms with Crippen LogP contribution >= 0.6 is 0 Å². The zero-order chi connectivity index (χ0) is 14.0. The number of carbonyl (C=O) groups is 1. The minimum absolute atomic E-state index is 0.289. The summed E-state index contributed by atoms with van der Waals surface area (Å²) >= 11 is 0. The lowest BCUT2D eigenvalue weighted by atomic mass is 9.90. The van der Waals surface area contributed by atoms with Crippen LogP contribution in [0.3, 0.4) is 0 Å². The Labute approximate surface area is 101 Å². The summed E-state index contributed by atoms with van der Waals surface area (Å²) in [4.78, 5) is 11.4. The zero-order valence-corrected chi connectivity index (χ0v) is 9.42. The minimum atomic E-state index is -5.17. The van der Waals surface area contributed by atoms with E-state index in [9.17, 15) is 22.4 Å². The minimum Gasteiger partial charge on any atom is -0.464 e. The Morgan fingerprint density at radius 2 is 1.89 bits per heavy atom. The summed E-state index contributed by atoms with van der Waals surface area (Å²) in [7, 11) is 0. The van der Waals surface area contributed by atoms with Gasteiger partial charge in [0.1, 0.15) is 5.82 Å². The van der Waals surface area contributed by atoms with Crippen LogP contribution in [0.15, 0.2) is 24.3 Å². The molecule has 1 unspecified atom stereocenters. The first-order valence-corrected chi connectivity index (χ1v) is 5.03. The summed E-state index contributed by atoms with van der Waals surface area (Å²) < 4.78 is 56.6. The maximum Gasteiger partial charge on any atom is 0.421 e. The van der Waals surface area contributed by atoms with Crippen molar-refractivity contribution in [2.24, 2.45) is 5.73 Å². The second kappa shape index (κ2) is 4.93. The van der Waals surface area contributed by atoms with Gasteiger partial charge in [0.05, 0.1) is 6.61 Å². The summed E-state index contributed by atoms with van der Waals surface area (Å²) in [6.45, 7) is 1.04. The number of esters is 1. The van der Waals surface area contributed by atoms with Crippen molar-refractivity contribution < 1.29 is 27.1 Å². The van der Waals surface area contributed by atoms with Gasteiger partial charge in [-0.15, -0.1) is 0 Å². The van der Waals surface area contributed by atoms with Gasteiger partial charge in [-0.2, -0.15) is 13.2 Å². The monoisotopic (exact) mass is 265 g/mol. The van der Waals surface area contributed by atoms with Crippen molar-refractivity contribution in [3.8, 4) is 0 Å². The molecule has 7 heteroatoms. The van der Waals surface area contributed by atoms with E-state index in [1.54, 1.807) is 0 Å². The van der Waals surface area contributed by atoms with E-state index in [4.69, 9.17) is 5.73 Å². The Bertz CT molecular complexity index is 447. The van der Waals surface area contributed by atoms with Gasteiger partial charge in [-0.1, -0.05) is 18.2 Å². The average Bonchev–Trinajstić information content (AvgIpc) is 2.27. The molecule has 0 spiro atoms. The van der Waals surface area contributed by atoms with E-state index in [1.165, 1.54) is 13.0 Å². The van der Waals surface area contributed by atoms with Gasteiger partial charge in [-0.3, -0.25) is 0 Å². The van der Waals surface area contributed by atoms with Gasteiger partial charge in [0, 0.05) is 5.56 Å². The summed E-state index contributed by atoms with van der Waals surface area (Å²) in [6, 6.07) is 3.95. The van der Waals surface area contributed by atoms with E-state index < -0.39 is 29.1 Å². The van der Waals surface area contributed by atoms with Crippen molar-refractivity contribution in [1.82, 2.24) is 0 Å². The van der Waals surface area contributed by atoms with Crippen molar-refractivity contribution in [2.75, 3.05) is 6.61 Å². The number of rotatable bonds is 3. The molecule has 0 aliphatic rings. The van der Waals surface area contributed by atoms with Crippen molar-refractivity contribution in [2.45, 2.75) is 18.6 Å². The second-order valence-corrected chi connectivity index (χ2v) is 3.51. The van der Waals surface area contributed by atoms with Gasteiger partial charge >= 0.3 is 12.1 Å². The van der Waals surface area contributed by atoms with Crippen molar-refractivity contribution in [1.29, 1.82) is 0 Å². The van der Waals surface area contributed by atoms with Gasteiger partial charge in [-0.25, -0.2) is 9.18 Å². The molecular weight excluding hydrogens is 254 g/mol. The van der Waals surface area contributed by atoms with E-state index in [-0.39, 0.29) is 6.61 Å². The quantitative estimate of drug-likeness (QED) is 0.672. The predicted molar refractivity (Wildman–Crippen MR) is 55.0 cm³/mol. The Balaban J connectivity index is 3.39. The lowest BCUT2D eigenvalue weighted by molar-refractivity contribution is -0.208. The third-order valence-electron chi connectivity index (χ3n) is 2.34. The van der Waals surface area contributed by atoms with Gasteiger partial charge in [0.25, 0.3) is 0 Å². The normalized spacial score (nSPS) is 15.0. The lowest BCUT2D eigenvalue weighted by Gasteiger charge is -2.29. The van der Waals surface area contributed by atoms with Crippen molar-refractivity contribution in [3.63, 3.8) is 0 Å². The van der Waals surface area contributed by atoms with Gasteiger partial charge < -0.3 is 10.5 Å². The van der Waals surface area contributed by atoms with Crippen LogP contribution in [0.1, 0.15) is 12.5 Å². The number of alkyl halides is 3. The topological polar surface area (TPSA) is 52.3 Å². The molecule has 0 aliphatic heterocycles. The molecule has 0 saturated heterocycles. The highest BCUT2D eigenvalue weighted by atomic mass is 19.4. The number of nitrogens with two attached hydrogens (primary N) is 1. The highest BCUT2D eigenvalue weighted by Crippen LogP contribution is 2.38. The van der Waals surface area contributed by atoms with Crippen LogP contribution in [-0.2, 0) is 15.1 Å². The maximum atomic E-state index is 13.4. The molecular formula is C11H11F4NO2. The zero-order valence-electron chi connectivity index (χ0n) is 9.42. The Hall–Kier alpha value is -1.63. The molecule has 1 rings (SSSR count). The summed E-state index contributed by atoms with van der Waals surface area (Å²) in [5, 5.41) is 0. The van der Waals surface area contributed by atoms with E-state index in [2.05, 4.69) is 4.74 Å². The molecule has 0 heterocycles. The summed E-state index contributed by atoms with van der Waals surface area (Å²) in [6.07, 6.45) is -5.17. The molecule has 0 saturated carbocycles. The molecule has 1 aromatic carbocycles. The number of hydrogen-bond acceptors (Lipinski definition) is 3. The van der Waals surface area contributed by atoms with E-state index in [0.29, 0.717) is 0 Å². The maximum absolute atomic E-state index is 13.4. The molecule has 18 heavy (non-hydrogen) atoms. The van der Waals surface area contributed by atoms with Crippen molar-refractivity contribution in [3.05, 3.63) is 35.6 Å². The molecule has 1 atom stereocenters. The van der Waals surface area contributed by atoms with Crippen LogP contribution in [-0.4, -0.2) is 18.8 Å². The van der Waals surface area contributed by atoms with Crippen molar-refractivity contribution >= 4 is 5.97 Å². The molecule has 0 aliphatic carbocycles. The average molecular weight is 265 g/mol. The Kier molecular flexibility index (Phi) is 3.95. The number of halogens is 4. The van der Waals surface area contributed by atoms with Crippen LogP contribution in [0.2, 0.25) is 0 Å². The fourth-order valence-corrected chi connectivity index (χ4v) is 1.40. The number of benzene rings is 1. The first-order valence-electron chi connectivity index (χ1n) is 5.03. The molecule has 0 aromatic heterocycles. The van der Waals surface area contributed by atoms with Gasteiger partial charge in [0.15, 0.2) is 0 Å². The SMILES string of the molecule is CCOC(=O)C(N)(c1ccccc1F)C(F)(F)F. The third-order valence-corrected chi connectivity index (χ3v) is 2.34. The number of hydrogen-bond donors (Lipinski definition) is 1. The first-order chi connectivity index (χ1) is 8.25. The van der Waals surface area contributed by atoms with Crippen LogP contribution < -0.4 is 5.73 Å². The Morgan fingerprint density at radius 1 is 1.33 bits per heavy atom. The van der Waals surface area contributed by atoms with E-state index >= 15 is 0 Å². The fourth-order valence-electron chi connectivity index (χ4n) is 1.40. The smallest absolute Gasteiger partial charge is 0.421 e. The van der Waals surface area contributed by atoms with E-state index in [1.807, 2.05) is 0 Å². The van der Waals surface area contributed by atoms with Crippen LogP contribution in [0.25, 0.3) is 0 Å². The summed E-state index contributed by atoms with van der Waals surface area (Å²) in [5.41, 5.74) is 0.620. The molecule has 3 nitrogen and oxygen atoms in total. The van der Waals surface area contributed by atoms with Crippen LogP contribution in [0, 0.1) is 5.82 Å². The molecule has 0 amide bonds. The van der Waals surface area contributed by atoms with E-state index in [0.717, 1.165) is 18.2 Å².